The van der Waals surface area contributed by atoms with Crippen LogP contribution in [0.3, 0.4) is 0 Å². The van der Waals surface area contributed by atoms with E-state index in [0.717, 1.165) is 36.9 Å². The Bertz CT molecular complexity index is 671. The first-order valence-corrected chi connectivity index (χ1v) is 10.3. The molecule has 0 atom stereocenters. The van der Waals surface area contributed by atoms with Crippen molar-refractivity contribution in [2.24, 2.45) is 12.0 Å². The maximum absolute atomic E-state index is 4.62. The lowest BCUT2D eigenvalue weighted by atomic mass is 10.3. The molecule has 0 bridgehead atoms. The normalized spacial score (nSPS) is 11.6. The number of thioether (sulfide) groups is 1. The number of benzene rings is 1. The van der Waals surface area contributed by atoms with Gasteiger partial charge in [-0.05, 0) is 59.6 Å². The third kappa shape index (κ3) is 7.12. The number of aliphatic imine (C=N–C) groups is 1. The number of hydrogen-bond acceptors (Lipinski definition) is 3. The molecule has 25 heavy (non-hydrogen) atoms. The second-order valence-electron chi connectivity index (χ2n) is 5.55. The van der Waals surface area contributed by atoms with E-state index in [1.165, 1.54) is 15.8 Å². The predicted molar refractivity (Wildman–Crippen MR) is 110 cm³/mol. The molecule has 0 aliphatic carbocycles. The molecule has 0 radical (unpaired) electrons. The third-order valence-electron chi connectivity index (χ3n) is 3.62. The van der Waals surface area contributed by atoms with E-state index in [9.17, 15) is 0 Å². The van der Waals surface area contributed by atoms with E-state index in [0.29, 0.717) is 6.54 Å². The van der Waals surface area contributed by atoms with Crippen LogP contribution in [0, 0.1) is 0 Å². The minimum Gasteiger partial charge on any atom is -0.357 e. The Labute approximate surface area is 162 Å². The Morgan fingerprint density at radius 1 is 1.24 bits per heavy atom. The maximum Gasteiger partial charge on any atom is 0.191 e. The summed E-state index contributed by atoms with van der Waals surface area (Å²) >= 11 is 5.49. The molecule has 0 amide bonds. The summed E-state index contributed by atoms with van der Waals surface area (Å²) in [6.45, 7) is 4.49. The molecule has 0 aliphatic rings. The van der Waals surface area contributed by atoms with Gasteiger partial charge in [-0.2, -0.15) is 5.10 Å². The first-order valence-electron chi connectivity index (χ1n) is 8.57. The minimum absolute atomic E-state index is 0.629. The molecule has 5 nitrogen and oxygen atoms in total. The average Bonchev–Trinajstić information content (AvgIpc) is 3.02. The van der Waals surface area contributed by atoms with E-state index in [1.54, 1.807) is 6.20 Å². The highest BCUT2D eigenvalue weighted by molar-refractivity contribution is 9.10. The molecule has 0 saturated carbocycles. The van der Waals surface area contributed by atoms with Crippen LogP contribution in [0.15, 0.2) is 50.9 Å². The number of nitrogens with zero attached hydrogens (tertiary/aromatic N) is 3. The largest absolute Gasteiger partial charge is 0.357 e. The number of unbranched alkanes of at least 4 members (excludes halogenated alkanes) is 1. The van der Waals surface area contributed by atoms with Crippen molar-refractivity contribution in [3.63, 3.8) is 0 Å². The number of halogens is 1. The fourth-order valence-electron chi connectivity index (χ4n) is 2.24. The lowest BCUT2D eigenvalue weighted by molar-refractivity contribution is 0.702. The molecule has 2 N–H and O–H groups in total. The van der Waals surface area contributed by atoms with Crippen molar-refractivity contribution in [2.75, 3.05) is 18.8 Å². The van der Waals surface area contributed by atoms with Gasteiger partial charge in [0.05, 0.1) is 12.2 Å². The van der Waals surface area contributed by atoms with Crippen molar-refractivity contribution in [1.29, 1.82) is 0 Å². The molecule has 0 saturated heterocycles. The first-order chi connectivity index (χ1) is 12.2. The molecule has 0 aliphatic heterocycles. The van der Waals surface area contributed by atoms with Crippen molar-refractivity contribution >= 4 is 33.7 Å². The van der Waals surface area contributed by atoms with Crippen LogP contribution >= 0.6 is 27.7 Å². The zero-order valence-corrected chi connectivity index (χ0v) is 17.2. The topological polar surface area (TPSA) is 54.2 Å². The minimum atomic E-state index is 0.629. The summed E-state index contributed by atoms with van der Waals surface area (Å²) in [6.07, 6.45) is 4.08. The highest BCUT2D eigenvalue weighted by Gasteiger charge is 2.01. The molecular formula is C18H26BrN5S. The number of aryl methyl sites for hydroxylation is 1. The van der Waals surface area contributed by atoms with Crippen molar-refractivity contribution in [3.05, 3.63) is 46.7 Å². The lowest BCUT2D eigenvalue weighted by Crippen LogP contribution is -2.37. The lowest BCUT2D eigenvalue weighted by Gasteiger charge is -2.11. The van der Waals surface area contributed by atoms with Crippen LogP contribution in [0.1, 0.15) is 25.5 Å². The molecule has 7 heteroatoms. The molecule has 2 aromatic rings. The second-order valence-corrected chi connectivity index (χ2v) is 7.55. The van der Waals surface area contributed by atoms with Gasteiger partial charge >= 0.3 is 0 Å². The van der Waals surface area contributed by atoms with Crippen LogP contribution in [0.2, 0.25) is 0 Å². The van der Waals surface area contributed by atoms with Crippen LogP contribution in [0.4, 0.5) is 0 Å². The summed E-state index contributed by atoms with van der Waals surface area (Å²) < 4.78 is 3.03. The van der Waals surface area contributed by atoms with Gasteiger partial charge in [0.1, 0.15) is 0 Å². The Kier molecular flexibility index (Phi) is 8.90. The van der Waals surface area contributed by atoms with Crippen molar-refractivity contribution in [2.45, 2.75) is 31.2 Å². The summed E-state index contributed by atoms with van der Waals surface area (Å²) in [6, 6.07) is 10.4. The molecule has 0 spiro atoms. The Morgan fingerprint density at radius 3 is 2.80 bits per heavy atom. The molecule has 2 rings (SSSR count). The van der Waals surface area contributed by atoms with Crippen molar-refractivity contribution in [1.82, 2.24) is 20.4 Å². The van der Waals surface area contributed by atoms with Gasteiger partial charge in [-0.1, -0.05) is 12.1 Å². The van der Waals surface area contributed by atoms with Gasteiger partial charge in [-0.15, -0.1) is 11.8 Å². The van der Waals surface area contributed by atoms with Crippen molar-refractivity contribution < 1.29 is 0 Å². The zero-order valence-electron chi connectivity index (χ0n) is 14.8. The first kappa shape index (κ1) is 19.8. The van der Waals surface area contributed by atoms with Crippen molar-refractivity contribution in [3.8, 4) is 0 Å². The third-order valence-corrected chi connectivity index (χ3v) is 5.74. The Balaban J connectivity index is 1.67. The van der Waals surface area contributed by atoms with Gasteiger partial charge in [-0.25, -0.2) is 4.99 Å². The molecule has 0 fully saturated rings. The number of aromatic nitrogens is 2. The van der Waals surface area contributed by atoms with Gasteiger partial charge in [0, 0.05) is 35.7 Å². The van der Waals surface area contributed by atoms with E-state index in [4.69, 9.17) is 0 Å². The van der Waals surface area contributed by atoms with Gasteiger partial charge < -0.3 is 10.6 Å². The van der Waals surface area contributed by atoms with E-state index in [-0.39, 0.29) is 0 Å². The fraction of sp³-hybridized carbons (Fsp3) is 0.444. The van der Waals surface area contributed by atoms with Gasteiger partial charge in [0.25, 0.3) is 0 Å². The number of rotatable bonds is 9. The van der Waals surface area contributed by atoms with E-state index in [1.807, 2.05) is 35.6 Å². The summed E-state index contributed by atoms with van der Waals surface area (Å²) in [7, 11) is 1.94. The molecule has 1 aromatic carbocycles. The molecule has 1 aromatic heterocycles. The second kappa shape index (κ2) is 11.2. The standard InChI is InChI=1S/C18H26BrN5S/c1-3-20-18(22-14-15-10-12-23-24(15)2)21-11-6-7-13-25-17-9-5-4-8-16(17)19/h4-5,8-10,12H,3,6-7,11,13-14H2,1-2H3,(H2,20,21,22). The highest BCUT2D eigenvalue weighted by atomic mass is 79.9. The number of nitrogens with one attached hydrogen (secondary N) is 2. The average molecular weight is 424 g/mol. The summed E-state index contributed by atoms with van der Waals surface area (Å²) in [5, 5.41) is 10.9. The molecule has 0 unspecified atom stereocenters. The van der Waals surface area contributed by atoms with E-state index in [2.05, 4.69) is 61.8 Å². The van der Waals surface area contributed by atoms with Gasteiger partial charge in [0.15, 0.2) is 5.96 Å². The molecular weight excluding hydrogens is 398 g/mol. The Morgan fingerprint density at radius 2 is 2.08 bits per heavy atom. The molecule has 1 heterocycles. The predicted octanol–water partition coefficient (Wildman–Crippen LogP) is 3.81. The van der Waals surface area contributed by atoms with Crippen LogP contribution in [0.5, 0.6) is 0 Å². The van der Waals surface area contributed by atoms with Gasteiger partial charge in [0.2, 0.25) is 0 Å². The Hall–Kier alpha value is -1.47. The summed E-state index contributed by atoms with van der Waals surface area (Å²) in [5.74, 6) is 1.98. The summed E-state index contributed by atoms with van der Waals surface area (Å²) in [4.78, 5) is 5.92. The van der Waals surface area contributed by atoms with Crippen LogP contribution in [-0.4, -0.2) is 34.6 Å². The SMILES string of the molecule is CCNC(=NCc1ccnn1C)NCCCCSc1ccccc1Br. The maximum atomic E-state index is 4.62. The van der Waals surface area contributed by atoms with E-state index >= 15 is 0 Å². The smallest absolute Gasteiger partial charge is 0.191 e. The fourth-order valence-corrected chi connectivity index (χ4v) is 3.81. The number of hydrogen-bond donors (Lipinski definition) is 2. The zero-order chi connectivity index (χ0) is 17.9. The van der Waals surface area contributed by atoms with Crippen LogP contribution in [-0.2, 0) is 13.6 Å². The highest BCUT2D eigenvalue weighted by Crippen LogP contribution is 2.27. The quantitative estimate of drug-likeness (QED) is 0.278. The summed E-state index contributed by atoms with van der Waals surface area (Å²) in [5.41, 5.74) is 1.10. The monoisotopic (exact) mass is 423 g/mol. The number of guanidine groups is 1. The van der Waals surface area contributed by atoms with Gasteiger partial charge in [-0.3, -0.25) is 4.68 Å². The van der Waals surface area contributed by atoms with Crippen LogP contribution in [0.25, 0.3) is 0 Å². The van der Waals surface area contributed by atoms with Crippen LogP contribution < -0.4 is 10.6 Å². The molecule has 136 valence electrons. The van der Waals surface area contributed by atoms with E-state index < -0.39 is 0 Å².